The van der Waals surface area contributed by atoms with Gasteiger partial charge in [-0.1, -0.05) is 6.92 Å². The van der Waals surface area contributed by atoms with E-state index < -0.39 is 48.4 Å². The molecule has 12 atom stereocenters. The summed E-state index contributed by atoms with van der Waals surface area (Å²) in [6.07, 6.45) is -1.54. The van der Waals surface area contributed by atoms with Crippen LogP contribution in [-0.2, 0) is 14.2 Å². The van der Waals surface area contributed by atoms with Crippen LogP contribution in [0.3, 0.4) is 0 Å². The Morgan fingerprint density at radius 1 is 1.03 bits per heavy atom. The monoisotopic (exact) mass is 525 g/mol. The van der Waals surface area contributed by atoms with E-state index in [0.717, 1.165) is 25.8 Å². The molecule has 2 saturated carbocycles. The summed E-state index contributed by atoms with van der Waals surface area (Å²) in [5, 5.41) is 42.3. The summed E-state index contributed by atoms with van der Waals surface area (Å²) in [6, 6.07) is -1.42. The first-order chi connectivity index (χ1) is 16.1. The maximum absolute atomic E-state index is 11.4. The lowest BCUT2D eigenvalue weighted by Gasteiger charge is -2.49. The van der Waals surface area contributed by atoms with Crippen molar-refractivity contribution in [2.45, 2.75) is 106 Å². The largest absolute Gasteiger partial charge is 0.388 e. The first-order valence-electron chi connectivity index (χ1n) is 12.7. The molecule has 208 valence electrons. The third-order valence-electron chi connectivity index (χ3n) is 7.69. The van der Waals surface area contributed by atoms with E-state index in [1.807, 2.05) is 14.0 Å². The van der Waals surface area contributed by atoms with Gasteiger partial charge in [0.1, 0.15) is 30.0 Å². The van der Waals surface area contributed by atoms with Crippen LogP contribution in [0.1, 0.15) is 39.5 Å². The van der Waals surface area contributed by atoms with Gasteiger partial charge in [0.05, 0.1) is 18.8 Å². The number of aliphatic hydroxyl groups is 3. The van der Waals surface area contributed by atoms with Crippen LogP contribution in [0, 0.1) is 5.92 Å². The molecule has 2 aliphatic carbocycles. The van der Waals surface area contributed by atoms with Crippen molar-refractivity contribution in [3.63, 3.8) is 0 Å². The molecule has 0 spiro atoms. The molecule has 0 radical (unpaired) electrons. The second kappa shape index (κ2) is 13.6. The predicted octanol–water partition coefficient (Wildman–Crippen LogP) is -1.98. The lowest BCUT2D eigenvalue weighted by atomic mass is 9.81. The summed E-state index contributed by atoms with van der Waals surface area (Å²) in [6.45, 7) is 5.12. The predicted molar refractivity (Wildman–Crippen MR) is 135 cm³/mol. The molecular weight excluding hydrogens is 478 g/mol. The molecule has 0 unspecified atom stereocenters. The van der Waals surface area contributed by atoms with Crippen LogP contribution in [0.2, 0.25) is 0 Å². The summed E-state index contributed by atoms with van der Waals surface area (Å²) < 4.78 is 18.3. The highest BCUT2D eigenvalue weighted by Gasteiger charge is 2.51. The minimum Gasteiger partial charge on any atom is -0.388 e. The molecule has 1 saturated heterocycles. The Morgan fingerprint density at radius 2 is 1.74 bits per heavy atom. The minimum atomic E-state index is -1.25. The van der Waals surface area contributed by atoms with Crippen LogP contribution >= 0.6 is 12.4 Å². The highest BCUT2D eigenvalue weighted by molar-refractivity contribution is 5.85. The van der Waals surface area contributed by atoms with Gasteiger partial charge in [0, 0.05) is 18.1 Å². The molecule has 1 aliphatic heterocycles. The second-order valence-corrected chi connectivity index (χ2v) is 10.5. The second-order valence-electron chi connectivity index (χ2n) is 10.5. The number of halogens is 1. The van der Waals surface area contributed by atoms with Crippen LogP contribution in [-0.4, -0.2) is 116 Å². The average molecular weight is 526 g/mol. The molecule has 1 heterocycles. The Morgan fingerprint density at radius 3 is 2.37 bits per heavy atom. The molecule has 3 aliphatic rings. The van der Waals surface area contributed by atoms with Gasteiger partial charge >= 0.3 is 0 Å². The lowest BCUT2D eigenvalue weighted by Crippen LogP contribution is -2.69. The van der Waals surface area contributed by atoms with Gasteiger partial charge in [-0.2, -0.15) is 0 Å². The summed E-state index contributed by atoms with van der Waals surface area (Å²) in [5.41, 5.74) is 11.6. The number of aliphatic hydroxyl groups excluding tert-OH is 2. The van der Waals surface area contributed by atoms with E-state index in [9.17, 15) is 15.3 Å². The molecule has 0 aromatic carbocycles. The van der Waals surface area contributed by atoms with Crippen molar-refractivity contribution >= 4 is 12.4 Å². The SMILES string of the molecule is CCN[C@@H]1C[C@H](N)[C@H](O[C@H]2C[C@H](CNC)CC[C@H]2N)[C@H](O)[C@H]1O[C@@H]1OC[C@@](C)(O)[C@@H](NC)[C@@H]1O.Cl. The third-order valence-corrected chi connectivity index (χ3v) is 7.69. The van der Waals surface area contributed by atoms with E-state index in [2.05, 4.69) is 16.0 Å². The molecule has 12 heteroatoms. The molecule has 35 heavy (non-hydrogen) atoms. The molecule has 0 aromatic heterocycles. The van der Waals surface area contributed by atoms with Gasteiger partial charge in [-0.25, -0.2) is 0 Å². The Bertz CT molecular complexity index is 637. The summed E-state index contributed by atoms with van der Waals surface area (Å²) in [4.78, 5) is 0. The van der Waals surface area contributed by atoms with Gasteiger partial charge in [-0.3, -0.25) is 0 Å². The van der Waals surface area contributed by atoms with Crippen LogP contribution in [0.4, 0.5) is 0 Å². The highest BCUT2D eigenvalue weighted by Crippen LogP contribution is 2.33. The zero-order valence-electron chi connectivity index (χ0n) is 21.4. The van der Waals surface area contributed by atoms with Crippen LogP contribution in [0.5, 0.6) is 0 Å². The van der Waals surface area contributed by atoms with Crippen molar-refractivity contribution in [3.05, 3.63) is 0 Å². The van der Waals surface area contributed by atoms with Gasteiger partial charge in [0.25, 0.3) is 0 Å². The van der Waals surface area contributed by atoms with Gasteiger partial charge < -0.3 is 56.9 Å². The molecule has 3 fully saturated rings. The Balaban J connectivity index is 0.00000432. The fraction of sp³-hybridized carbons (Fsp3) is 1.00. The van der Waals surface area contributed by atoms with Crippen LogP contribution in [0.15, 0.2) is 0 Å². The van der Waals surface area contributed by atoms with Gasteiger partial charge in [-0.05, 0) is 65.7 Å². The van der Waals surface area contributed by atoms with Crippen molar-refractivity contribution < 1.29 is 29.5 Å². The molecular formula is C23H48ClN5O6. The fourth-order valence-electron chi connectivity index (χ4n) is 5.85. The zero-order valence-corrected chi connectivity index (χ0v) is 22.2. The van der Waals surface area contributed by atoms with Crippen molar-refractivity contribution in [3.8, 4) is 0 Å². The molecule has 10 N–H and O–H groups in total. The number of likely N-dealkylation sites (N-methyl/N-ethyl adjacent to an activating group) is 2. The average Bonchev–Trinajstić information content (AvgIpc) is 2.77. The molecule has 0 bridgehead atoms. The number of ether oxygens (including phenoxy) is 3. The van der Waals surface area contributed by atoms with E-state index in [1.54, 1.807) is 14.0 Å². The number of hydrogen-bond donors (Lipinski definition) is 8. The topological polar surface area (TPSA) is 177 Å². The zero-order chi connectivity index (χ0) is 25.0. The first-order valence-corrected chi connectivity index (χ1v) is 12.7. The van der Waals surface area contributed by atoms with E-state index >= 15 is 0 Å². The number of nitrogens with two attached hydrogens (primary N) is 2. The summed E-state index contributed by atoms with van der Waals surface area (Å²) in [5.74, 6) is 0.463. The quantitative estimate of drug-likeness (QED) is 0.167. The van der Waals surface area contributed by atoms with Crippen molar-refractivity contribution in [2.75, 3.05) is 33.8 Å². The van der Waals surface area contributed by atoms with E-state index in [1.165, 1.54) is 0 Å². The van der Waals surface area contributed by atoms with E-state index in [0.29, 0.717) is 18.9 Å². The molecule has 11 nitrogen and oxygen atoms in total. The highest BCUT2D eigenvalue weighted by atomic mass is 35.5. The summed E-state index contributed by atoms with van der Waals surface area (Å²) >= 11 is 0. The molecule has 3 rings (SSSR count). The smallest absolute Gasteiger partial charge is 0.185 e. The standard InChI is InChI=1S/C23H47N5O6.ClH/c1-5-28-15-9-14(25)19(33-16-8-12(10-26-3)6-7-13(16)24)17(29)20(15)34-22-18(30)21(27-4)23(2,31)11-32-22;/h12-22,26-31H,5-11,24-25H2,1-4H3;1H/t12-,13-,14+,15-,16+,17+,18+,19+,20+,21+,22+,23-;/m1./s1. The molecule has 0 aromatic rings. The Labute approximate surface area is 215 Å². The molecule has 0 amide bonds. The van der Waals surface area contributed by atoms with E-state index in [4.69, 9.17) is 25.7 Å². The van der Waals surface area contributed by atoms with Gasteiger partial charge in [0.2, 0.25) is 0 Å². The van der Waals surface area contributed by atoms with E-state index in [-0.39, 0.29) is 37.2 Å². The number of nitrogens with one attached hydrogen (secondary N) is 3. The minimum absolute atomic E-state index is 0. The van der Waals surface area contributed by atoms with Crippen molar-refractivity contribution in [2.24, 2.45) is 17.4 Å². The van der Waals surface area contributed by atoms with Crippen molar-refractivity contribution in [1.29, 1.82) is 0 Å². The fourth-order valence-corrected chi connectivity index (χ4v) is 5.85. The van der Waals surface area contributed by atoms with Crippen molar-refractivity contribution in [1.82, 2.24) is 16.0 Å². The maximum atomic E-state index is 11.4. The Hall–Kier alpha value is -0.150. The third kappa shape index (κ3) is 7.24. The maximum Gasteiger partial charge on any atom is 0.185 e. The Kier molecular flexibility index (Phi) is 12.1. The number of rotatable bonds is 9. The summed E-state index contributed by atoms with van der Waals surface area (Å²) in [7, 11) is 3.60. The normalized spacial score (nSPS) is 46.7. The van der Waals surface area contributed by atoms with Gasteiger partial charge in [0.15, 0.2) is 6.29 Å². The lowest BCUT2D eigenvalue weighted by molar-refractivity contribution is -0.300. The first kappa shape index (κ1) is 31.1. The number of hydrogen-bond acceptors (Lipinski definition) is 11. The van der Waals surface area contributed by atoms with Gasteiger partial charge in [-0.15, -0.1) is 12.4 Å². The van der Waals surface area contributed by atoms with Crippen LogP contribution in [0.25, 0.3) is 0 Å². The van der Waals surface area contributed by atoms with Crippen LogP contribution < -0.4 is 27.4 Å².